The third-order valence-corrected chi connectivity index (χ3v) is 4.25. The molecule has 0 aromatic heterocycles. The predicted octanol–water partition coefficient (Wildman–Crippen LogP) is 0.919. The summed E-state index contributed by atoms with van der Waals surface area (Å²) in [6, 6.07) is 0.844. The van der Waals surface area contributed by atoms with Gasteiger partial charge in [-0.1, -0.05) is 18.6 Å². The molecule has 0 saturated carbocycles. The van der Waals surface area contributed by atoms with Crippen LogP contribution in [0.15, 0.2) is 17.3 Å². The zero-order valence-electron chi connectivity index (χ0n) is 12.6. The molecule has 5 nitrogen and oxygen atoms in total. The molecule has 0 spiro atoms. The number of nitrogens with one attached hydrogen (secondary N) is 2. The number of piperidine rings is 1. The zero-order chi connectivity index (χ0) is 14.4. The molecule has 1 aliphatic heterocycles. The molecule has 4 atom stereocenters. The van der Waals surface area contributed by atoms with Crippen molar-refractivity contribution >= 4 is 6.21 Å². The van der Waals surface area contributed by atoms with Crippen molar-refractivity contribution in [3.63, 3.8) is 0 Å². The first-order valence-electron chi connectivity index (χ1n) is 7.71. The van der Waals surface area contributed by atoms with Gasteiger partial charge in [0.2, 0.25) is 0 Å². The molecule has 2 aliphatic rings. The van der Waals surface area contributed by atoms with Crippen molar-refractivity contribution < 1.29 is 5.11 Å². The molecule has 1 saturated heterocycles. The second-order valence-electron chi connectivity index (χ2n) is 6.07. The van der Waals surface area contributed by atoms with E-state index < -0.39 is 6.23 Å². The average molecular weight is 280 g/mol. The summed E-state index contributed by atoms with van der Waals surface area (Å²) in [7, 11) is 4.18. The fourth-order valence-corrected chi connectivity index (χ4v) is 2.83. The highest BCUT2D eigenvalue weighted by Gasteiger charge is 2.22. The minimum Gasteiger partial charge on any atom is -0.372 e. The maximum Gasteiger partial charge on any atom is 0.145 e. The Morgan fingerprint density at radius 3 is 2.75 bits per heavy atom. The Morgan fingerprint density at radius 1 is 1.30 bits per heavy atom. The van der Waals surface area contributed by atoms with E-state index >= 15 is 0 Å². The number of hydrazone groups is 1. The Hall–Kier alpha value is -0.910. The van der Waals surface area contributed by atoms with Crippen LogP contribution in [0.3, 0.4) is 0 Å². The number of likely N-dealkylation sites (N-methyl/N-ethyl adjacent to an activating group) is 1. The summed E-state index contributed by atoms with van der Waals surface area (Å²) < 4.78 is 0. The van der Waals surface area contributed by atoms with Crippen molar-refractivity contribution in [2.45, 2.75) is 50.4 Å². The van der Waals surface area contributed by atoms with Crippen LogP contribution in [0.1, 0.15) is 32.1 Å². The van der Waals surface area contributed by atoms with Crippen molar-refractivity contribution in [3.05, 3.63) is 12.2 Å². The minimum atomic E-state index is -0.589. The van der Waals surface area contributed by atoms with Gasteiger partial charge in [0.1, 0.15) is 6.23 Å². The molecule has 1 aliphatic carbocycles. The molecule has 3 N–H and O–H groups in total. The van der Waals surface area contributed by atoms with Crippen LogP contribution in [0, 0.1) is 5.92 Å². The molecule has 2 rings (SSSR count). The number of rotatable bonds is 5. The normalized spacial score (nSPS) is 32.7. The van der Waals surface area contributed by atoms with Gasteiger partial charge in [0.05, 0.1) is 0 Å². The highest BCUT2D eigenvalue weighted by atomic mass is 16.3. The van der Waals surface area contributed by atoms with Crippen LogP contribution >= 0.6 is 0 Å². The van der Waals surface area contributed by atoms with Gasteiger partial charge in [-0.3, -0.25) is 5.43 Å². The first-order chi connectivity index (χ1) is 9.66. The van der Waals surface area contributed by atoms with Crippen LogP contribution in [0.4, 0.5) is 0 Å². The van der Waals surface area contributed by atoms with Gasteiger partial charge in [-0.2, -0.15) is 5.10 Å². The van der Waals surface area contributed by atoms with Crippen LogP contribution < -0.4 is 10.7 Å². The monoisotopic (exact) mass is 280 g/mol. The Labute approximate surface area is 122 Å². The molecule has 1 heterocycles. The van der Waals surface area contributed by atoms with Crippen molar-refractivity contribution in [1.29, 1.82) is 0 Å². The van der Waals surface area contributed by atoms with E-state index in [1.165, 1.54) is 12.8 Å². The van der Waals surface area contributed by atoms with Gasteiger partial charge in [-0.15, -0.1) is 0 Å². The molecule has 0 aromatic carbocycles. The van der Waals surface area contributed by atoms with E-state index in [9.17, 15) is 5.11 Å². The van der Waals surface area contributed by atoms with Crippen molar-refractivity contribution in [2.75, 3.05) is 20.6 Å². The van der Waals surface area contributed by atoms with Crippen LogP contribution in [0.2, 0.25) is 0 Å². The highest BCUT2D eigenvalue weighted by Crippen LogP contribution is 2.22. The summed E-state index contributed by atoms with van der Waals surface area (Å²) in [5.41, 5.74) is 2.86. The molecule has 0 radical (unpaired) electrons. The fourth-order valence-electron chi connectivity index (χ4n) is 2.83. The van der Waals surface area contributed by atoms with Gasteiger partial charge in [0, 0.05) is 24.2 Å². The molecule has 0 amide bonds. The molecule has 4 unspecified atom stereocenters. The van der Waals surface area contributed by atoms with Gasteiger partial charge >= 0.3 is 0 Å². The molecule has 0 bridgehead atoms. The van der Waals surface area contributed by atoms with Crippen LogP contribution in [0.5, 0.6) is 0 Å². The van der Waals surface area contributed by atoms with Crippen molar-refractivity contribution in [3.8, 4) is 0 Å². The van der Waals surface area contributed by atoms with Gasteiger partial charge in [-0.25, -0.2) is 0 Å². The first-order valence-corrected chi connectivity index (χ1v) is 7.71. The lowest BCUT2D eigenvalue weighted by atomic mass is 9.91. The van der Waals surface area contributed by atoms with Crippen LogP contribution in [-0.2, 0) is 0 Å². The minimum absolute atomic E-state index is 0.155. The van der Waals surface area contributed by atoms with Crippen molar-refractivity contribution in [1.82, 2.24) is 15.6 Å². The quantitative estimate of drug-likeness (QED) is 0.303. The second-order valence-corrected chi connectivity index (χ2v) is 6.07. The lowest BCUT2D eigenvalue weighted by Gasteiger charge is -2.29. The standard InChI is InChI=1S/C15H28N4O/c1-19(2)14-8-6-12(7-9-14)15(20)18-17-11-13-5-3-4-10-16-13/h6,8,11-16,18,20H,3-5,7,9-10H2,1-2H3/b17-11+. The molecule has 5 heteroatoms. The lowest BCUT2D eigenvalue weighted by molar-refractivity contribution is 0.0851. The third kappa shape index (κ3) is 4.58. The Bertz CT molecular complexity index is 337. The Balaban J connectivity index is 1.73. The molecule has 114 valence electrons. The topological polar surface area (TPSA) is 59.9 Å². The number of aliphatic hydroxyl groups is 1. The van der Waals surface area contributed by atoms with E-state index in [1.54, 1.807) is 0 Å². The lowest BCUT2D eigenvalue weighted by Crippen LogP contribution is -2.38. The van der Waals surface area contributed by atoms with Crippen LogP contribution in [0.25, 0.3) is 0 Å². The second kappa shape index (κ2) is 7.76. The number of hydrogen-bond donors (Lipinski definition) is 3. The van der Waals surface area contributed by atoms with E-state index in [2.05, 4.69) is 47.0 Å². The Morgan fingerprint density at radius 2 is 2.15 bits per heavy atom. The van der Waals surface area contributed by atoms with Gasteiger partial charge in [-0.05, 0) is 46.3 Å². The van der Waals surface area contributed by atoms with E-state index in [-0.39, 0.29) is 5.92 Å². The molecule has 20 heavy (non-hydrogen) atoms. The molecule has 1 fully saturated rings. The van der Waals surface area contributed by atoms with Crippen LogP contribution in [-0.4, -0.2) is 55.2 Å². The summed E-state index contributed by atoms with van der Waals surface area (Å²) >= 11 is 0. The first kappa shape index (κ1) is 15.5. The predicted molar refractivity (Wildman–Crippen MR) is 82.6 cm³/mol. The summed E-state index contributed by atoms with van der Waals surface area (Å²) in [5, 5.41) is 17.7. The Kier molecular flexibility index (Phi) is 6.01. The number of aliphatic hydroxyl groups excluding tert-OH is 1. The third-order valence-electron chi connectivity index (χ3n) is 4.25. The smallest absolute Gasteiger partial charge is 0.145 e. The number of nitrogens with zero attached hydrogens (tertiary/aromatic N) is 2. The number of hydrogen-bond acceptors (Lipinski definition) is 5. The largest absolute Gasteiger partial charge is 0.372 e. The van der Waals surface area contributed by atoms with Gasteiger partial charge in [0.25, 0.3) is 0 Å². The van der Waals surface area contributed by atoms with E-state index in [1.807, 2.05) is 6.21 Å². The summed E-state index contributed by atoms with van der Waals surface area (Å²) in [6.45, 7) is 1.07. The summed E-state index contributed by atoms with van der Waals surface area (Å²) in [5.74, 6) is 0.155. The summed E-state index contributed by atoms with van der Waals surface area (Å²) in [6.07, 6.45) is 11.3. The zero-order valence-corrected chi connectivity index (χ0v) is 12.6. The van der Waals surface area contributed by atoms with E-state index in [4.69, 9.17) is 0 Å². The maximum absolute atomic E-state index is 10.1. The molecular weight excluding hydrogens is 252 g/mol. The fraction of sp³-hybridized carbons (Fsp3) is 0.800. The molecular formula is C15H28N4O. The maximum atomic E-state index is 10.1. The summed E-state index contributed by atoms with van der Waals surface area (Å²) in [4.78, 5) is 2.21. The van der Waals surface area contributed by atoms with E-state index in [0.717, 1.165) is 25.8 Å². The van der Waals surface area contributed by atoms with Crippen molar-refractivity contribution in [2.24, 2.45) is 11.0 Å². The average Bonchev–Trinajstić information content (AvgIpc) is 2.48. The van der Waals surface area contributed by atoms with Gasteiger partial charge < -0.3 is 15.3 Å². The van der Waals surface area contributed by atoms with E-state index in [0.29, 0.717) is 12.1 Å². The SMILES string of the molecule is CN(C)C1C=CC(C(O)N/N=C/C2CCCCN2)CC1. The van der Waals surface area contributed by atoms with Gasteiger partial charge in [0.15, 0.2) is 0 Å². The highest BCUT2D eigenvalue weighted by molar-refractivity contribution is 5.64. The molecule has 0 aromatic rings.